The standard InChI is InChI=1S/C13H14N2O3/c16-12(17)8-2-1-3-10-9(8)6-11(15-10)13(18)4-5-14-7-13/h1-3,6,14-15,18H,4-5,7H2,(H,16,17). The van der Waals surface area contributed by atoms with Crippen LogP contribution in [0.1, 0.15) is 22.5 Å². The molecular weight excluding hydrogens is 232 g/mol. The van der Waals surface area contributed by atoms with E-state index in [4.69, 9.17) is 5.11 Å². The third-order valence-electron chi connectivity index (χ3n) is 3.53. The van der Waals surface area contributed by atoms with Crippen molar-refractivity contribution in [2.24, 2.45) is 0 Å². The fraction of sp³-hybridized carbons (Fsp3) is 0.308. The first-order chi connectivity index (χ1) is 8.60. The lowest BCUT2D eigenvalue weighted by Crippen LogP contribution is -2.28. The monoisotopic (exact) mass is 246 g/mol. The second kappa shape index (κ2) is 3.83. The zero-order valence-corrected chi connectivity index (χ0v) is 9.73. The van der Waals surface area contributed by atoms with Crippen LogP contribution in [0.15, 0.2) is 24.3 Å². The van der Waals surface area contributed by atoms with Gasteiger partial charge in [-0.25, -0.2) is 4.79 Å². The molecule has 4 N–H and O–H groups in total. The molecule has 1 aromatic heterocycles. The maximum atomic E-state index is 11.1. The average molecular weight is 246 g/mol. The third kappa shape index (κ3) is 1.60. The van der Waals surface area contributed by atoms with E-state index in [1.165, 1.54) is 0 Å². The first kappa shape index (κ1) is 11.3. The molecule has 1 aliphatic heterocycles. The van der Waals surface area contributed by atoms with Crippen molar-refractivity contribution >= 4 is 16.9 Å². The van der Waals surface area contributed by atoms with Gasteiger partial charge >= 0.3 is 5.97 Å². The molecular formula is C13H14N2O3. The highest BCUT2D eigenvalue weighted by atomic mass is 16.4. The molecule has 0 amide bonds. The number of carbonyl (C=O) groups is 1. The van der Waals surface area contributed by atoms with Gasteiger partial charge in [0, 0.05) is 23.1 Å². The van der Waals surface area contributed by atoms with Crippen LogP contribution in [-0.2, 0) is 5.60 Å². The van der Waals surface area contributed by atoms with Gasteiger partial charge in [-0.15, -0.1) is 0 Å². The minimum atomic E-state index is -0.956. The smallest absolute Gasteiger partial charge is 0.336 e. The van der Waals surface area contributed by atoms with E-state index in [0.29, 0.717) is 24.0 Å². The Balaban J connectivity index is 2.16. The molecule has 1 aliphatic rings. The Bertz CT molecular complexity index is 612. The summed E-state index contributed by atoms with van der Waals surface area (Å²) in [5, 5.41) is 23.3. The summed E-state index contributed by atoms with van der Waals surface area (Å²) in [6.45, 7) is 1.25. The highest BCUT2D eigenvalue weighted by Gasteiger charge is 2.34. The lowest BCUT2D eigenvalue weighted by atomic mass is 9.98. The van der Waals surface area contributed by atoms with Crippen molar-refractivity contribution in [3.63, 3.8) is 0 Å². The van der Waals surface area contributed by atoms with Gasteiger partial charge in [-0.3, -0.25) is 0 Å². The van der Waals surface area contributed by atoms with Gasteiger partial charge in [0.15, 0.2) is 0 Å². The molecule has 94 valence electrons. The molecule has 1 atom stereocenters. The van der Waals surface area contributed by atoms with E-state index in [1.807, 2.05) is 6.07 Å². The molecule has 0 spiro atoms. The number of aromatic amines is 1. The van der Waals surface area contributed by atoms with Gasteiger partial charge in [-0.1, -0.05) is 6.07 Å². The zero-order valence-electron chi connectivity index (χ0n) is 9.73. The van der Waals surface area contributed by atoms with E-state index in [-0.39, 0.29) is 5.56 Å². The molecule has 1 aromatic carbocycles. The SMILES string of the molecule is O=C(O)c1cccc2[nH]c(C3(O)CCNC3)cc12. The molecule has 2 heterocycles. The first-order valence-electron chi connectivity index (χ1n) is 5.89. The van der Waals surface area contributed by atoms with Crippen LogP contribution in [0.2, 0.25) is 0 Å². The van der Waals surface area contributed by atoms with E-state index in [2.05, 4.69) is 10.3 Å². The number of hydrogen-bond donors (Lipinski definition) is 4. The number of carboxylic acids is 1. The van der Waals surface area contributed by atoms with E-state index in [9.17, 15) is 9.90 Å². The van der Waals surface area contributed by atoms with Gasteiger partial charge in [0.05, 0.1) is 5.56 Å². The molecule has 0 radical (unpaired) electrons. The predicted octanol–water partition coefficient (Wildman–Crippen LogP) is 1.05. The normalized spacial score (nSPS) is 23.6. The number of rotatable bonds is 2. The van der Waals surface area contributed by atoms with Crippen molar-refractivity contribution in [3.05, 3.63) is 35.5 Å². The minimum Gasteiger partial charge on any atom is -0.478 e. The quantitative estimate of drug-likeness (QED) is 0.638. The number of nitrogens with one attached hydrogen (secondary N) is 2. The Labute approximate surface area is 103 Å². The van der Waals surface area contributed by atoms with Crippen molar-refractivity contribution in [2.75, 3.05) is 13.1 Å². The van der Waals surface area contributed by atoms with Crippen molar-refractivity contribution in [2.45, 2.75) is 12.0 Å². The number of β-amino-alcohol motifs (C(OH)–C–C–N with tert-alkyl or cyclic N) is 1. The first-order valence-corrected chi connectivity index (χ1v) is 5.89. The number of fused-ring (bicyclic) bond motifs is 1. The predicted molar refractivity (Wildman–Crippen MR) is 66.6 cm³/mol. The fourth-order valence-corrected chi connectivity index (χ4v) is 2.50. The Hall–Kier alpha value is -1.85. The van der Waals surface area contributed by atoms with Gasteiger partial charge in [0.25, 0.3) is 0 Å². The van der Waals surface area contributed by atoms with Crippen LogP contribution in [0.3, 0.4) is 0 Å². The fourth-order valence-electron chi connectivity index (χ4n) is 2.50. The molecule has 3 rings (SSSR count). The molecule has 1 fully saturated rings. The Kier molecular flexibility index (Phi) is 2.39. The Morgan fingerprint density at radius 2 is 2.22 bits per heavy atom. The van der Waals surface area contributed by atoms with Gasteiger partial charge in [0.2, 0.25) is 0 Å². The summed E-state index contributed by atoms with van der Waals surface area (Å²) in [6.07, 6.45) is 0.627. The molecule has 1 unspecified atom stereocenters. The molecule has 0 aliphatic carbocycles. The van der Waals surface area contributed by atoms with E-state index in [1.54, 1.807) is 18.2 Å². The number of aromatic nitrogens is 1. The molecule has 5 heteroatoms. The van der Waals surface area contributed by atoms with E-state index in [0.717, 1.165) is 12.1 Å². The lowest BCUT2D eigenvalue weighted by molar-refractivity contribution is 0.0549. The van der Waals surface area contributed by atoms with E-state index < -0.39 is 11.6 Å². The van der Waals surface area contributed by atoms with Gasteiger partial charge in [-0.05, 0) is 31.2 Å². The molecule has 0 saturated carbocycles. The van der Waals surface area contributed by atoms with Crippen molar-refractivity contribution in [3.8, 4) is 0 Å². The van der Waals surface area contributed by atoms with Crippen LogP contribution < -0.4 is 5.32 Å². The highest BCUT2D eigenvalue weighted by molar-refractivity contribution is 6.03. The van der Waals surface area contributed by atoms with Crippen LogP contribution in [0, 0.1) is 0 Å². The molecule has 18 heavy (non-hydrogen) atoms. The molecule has 2 aromatic rings. The summed E-state index contributed by atoms with van der Waals surface area (Å²) in [5.41, 5.74) is 0.750. The van der Waals surface area contributed by atoms with Crippen molar-refractivity contribution < 1.29 is 15.0 Å². The Morgan fingerprint density at radius 1 is 1.39 bits per heavy atom. The lowest BCUT2D eigenvalue weighted by Gasteiger charge is -2.19. The largest absolute Gasteiger partial charge is 0.478 e. The van der Waals surface area contributed by atoms with Crippen LogP contribution in [-0.4, -0.2) is 34.3 Å². The summed E-state index contributed by atoms with van der Waals surface area (Å²) in [7, 11) is 0. The molecule has 0 bridgehead atoms. The third-order valence-corrected chi connectivity index (χ3v) is 3.53. The molecule has 1 saturated heterocycles. The molecule has 5 nitrogen and oxygen atoms in total. The number of aromatic carboxylic acids is 1. The number of benzene rings is 1. The van der Waals surface area contributed by atoms with Gasteiger partial charge in [-0.2, -0.15) is 0 Å². The summed E-state index contributed by atoms with van der Waals surface area (Å²) >= 11 is 0. The van der Waals surface area contributed by atoms with Crippen molar-refractivity contribution in [1.29, 1.82) is 0 Å². The number of aliphatic hydroxyl groups is 1. The summed E-state index contributed by atoms with van der Waals surface area (Å²) in [6, 6.07) is 6.82. The summed E-state index contributed by atoms with van der Waals surface area (Å²) in [5.74, 6) is -0.956. The second-order valence-electron chi connectivity index (χ2n) is 4.71. The topological polar surface area (TPSA) is 85.3 Å². The van der Waals surface area contributed by atoms with Crippen LogP contribution >= 0.6 is 0 Å². The number of H-pyrrole nitrogens is 1. The minimum absolute atomic E-state index is 0.254. The maximum Gasteiger partial charge on any atom is 0.336 e. The summed E-state index contributed by atoms with van der Waals surface area (Å²) < 4.78 is 0. The van der Waals surface area contributed by atoms with Crippen molar-refractivity contribution in [1.82, 2.24) is 10.3 Å². The average Bonchev–Trinajstić information content (AvgIpc) is 2.94. The number of carboxylic acid groups (broad SMARTS) is 1. The Morgan fingerprint density at radius 3 is 2.89 bits per heavy atom. The summed E-state index contributed by atoms with van der Waals surface area (Å²) in [4.78, 5) is 14.3. The second-order valence-corrected chi connectivity index (χ2v) is 4.71. The van der Waals surface area contributed by atoms with Crippen LogP contribution in [0.25, 0.3) is 10.9 Å². The maximum absolute atomic E-state index is 11.1. The zero-order chi connectivity index (χ0) is 12.8. The highest BCUT2D eigenvalue weighted by Crippen LogP contribution is 2.30. The number of hydrogen-bond acceptors (Lipinski definition) is 3. The van der Waals surface area contributed by atoms with Crippen LogP contribution in [0.4, 0.5) is 0 Å². The van der Waals surface area contributed by atoms with Crippen LogP contribution in [0.5, 0.6) is 0 Å². The van der Waals surface area contributed by atoms with Gasteiger partial charge in [0.1, 0.15) is 5.60 Å². The van der Waals surface area contributed by atoms with E-state index >= 15 is 0 Å². The van der Waals surface area contributed by atoms with Gasteiger partial charge < -0.3 is 20.5 Å².